The van der Waals surface area contributed by atoms with Crippen LogP contribution in [0.4, 0.5) is 23.1 Å². The van der Waals surface area contributed by atoms with Gasteiger partial charge in [-0.15, -0.1) is 11.3 Å². The van der Waals surface area contributed by atoms with Gasteiger partial charge in [0.25, 0.3) is 0 Å². The van der Waals surface area contributed by atoms with Crippen LogP contribution in [0.25, 0.3) is 10.2 Å². The lowest BCUT2D eigenvalue weighted by Gasteiger charge is -2.37. The highest BCUT2D eigenvalue weighted by molar-refractivity contribution is 7.17. The summed E-state index contributed by atoms with van der Waals surface area (Å²) in [6.45, 7) is 8.07. The molecule has 0 saturated carbocycles. The number of methoxy groups -OCH3 is 1. The lowest BCUT2D eigenvalue weighted by Crippen LogP contribution is -2.42. The molecule has 1 saturated heterocycles. The summed E-state index contributed by atoms with van der Waals surface area (Å²) in [4.78, 5) is 27.6. The predicted molar refractivity (Wildman–Crippen MR) is 153 cm³/mol. The number of aromatic nitrogens is 2. The van der Waals surface area contributed by atoms with Gasteiger partial charge in [0.05, 0.1) is 24.2 Å². The van der Waals surface area contributed by atoms with Crippen LogP contribution in [0.3, 0.4) is 0 Å². The standard InChI is InChI=1S/C27H39N7O2S/c1-16(2)13-20(28)25(35)30-24-23-17(3)15-37-26(23)32-27(31-24)29-18-7-8-21(22(14-18)36-6)34-11-9-19(10-12-34)33(4)5/h7-8,14-16,19-20H,9-13,28H2,1-6H3,(H2,29,30,31,32,35). The second kappa shape index (κ2) is 11.6. The molecule has 1 aromatic carbocycles. The highest BCUT2D eigenvalue weighted by atomic mass is 32.1. The first-order valence-electron chi connectivity index (χ1n) is 12.8. The third-order valence-corrected chi connectivity index (χ3v) is 7.88. The van der Waals surface area contributed by atoms with E-state index in [1.165, 1.54) is 11.3 Å². The number of hydrogen-bond donors (Lipinski definition) is 3. The average molecular weight is 526 g/mol. The molecule has 0 radical (unpaired) electrons. The Bertz CT molecular complexity index is 1230. The number of rotatable bonds is 9. The molecule has 3 aromatic rings. The van der Waals surface area contributed by atoms with Gasteiger partial charge in [0, 0.05) is 30.9 Å². The number of piperidine rings is 1. The molecule has 0 aliphatic carbocycles. The molecule has 0 bridgehead atoms. The van der Waals surface area contributed by atoms with Crippen LogP contribution in [-0.2, 0) is 4.79 Å². The van der Waals surface area contributed by atoms with Crippen molar-refractivity contribution in [3.05, 3.63) is 29.1 Å². The number of aryl methyl sites for hydroxylation is 1. The largest absolute Gasteiger partial charge is 0.495 e. The molecule has 1 aliphatic rings. The van der Waals surface area contributed by atoms with Crippen molar-refractivity contribution in [2.75, 3.05) is 49.8 Å². The molecular weight excluding hydrogens is 486 g/mol. The van der Waals surface area contributed by atoms with Gasteiger partial charge >= 0.3 is 0 Å². The number of carbonyl (C=O) groups excluding carboxylic acids is 1. The van der Waals surface area contributed by atoms with Gasteiger partial charge in [-0.25, -0.2) is 4.98 Å². The second-order valence-electron chi connectivity index (χ2n) is 10.4. The number of amides is 1. The van der Waals surface area contributed by atoms with E-state index in [0.29, 0.717) is 30.1 Å². The summed E-state index contributed by atoms with van der Waals surface area (Å²) in [5, 5.41) is 9.11. The lowest BCUT2D eigenvalue weighted by molar-refractivity contribution is -0.117. The monoisotopic (exact) mass is 525 g/mol. The van der Waals surface area contributed by atoms with Crippen LogP contribution in [0, 0.1) is 12.8 Å². The van der Waals surface area contributed by atoms with Crippen molar-refractivity contribution in [3.63, 3.8) is 0 Å². The number of fused-ring (bicyclic) bond motifs is 1. The zero-order valence-electron chi connectivity index (χ0n) is 22.7. The Morgan fingerprint density at radius 1 is 1.27 bits per heavy atom. The Balaban J connectivity index is 1.56. The first-order chi connectivity index (χ1) is 17.7. The predicted octanol–water partition coefficient (Wildman–Crippen LogP) is 4.59. The minimum Gasteiger partial charge on any atom is -0.495 e. The maximum Gasteiger partial charge on any atom is 0.242 e. The van der Waals surface area contributed by atoms with Crippen LogP contribution >= 0.6 is 11.3 Å². The summed E-state index contributed by atoms with van der Waals surface area (Å²) in [5.41, 5.74) is 9.04. The zero-order valence-corrected chi connectivity index (χ0v) is 23.5. The summed E-state index contributed by atoms with van der Waals surface area (Å²) >= 11 is 1.52. The minimum absolute atomic E-state index is 0.241. The molecule has 1 aliphatic heterocycles. The molecule has 3 heterocycles. The van der Waals surface area contributed by atoms with E-state index in [2.05, 4.69) is 45.6 Å². The normalized spacial score (nSPS) is 15.4. The van der Waals surface area contributed by atoms with Crippen molar-refractivity contribution in [2.24, 2.45) is 11.7 Å². The van der Waals surface area contributed by atoms with Gasteiger partial charge in [0.15, 0.2) is 0 Å². The molecule has 1 amide bonds. The third kappa shape index (κ3) is 6.31. The molecule has 1 atom stereocenters. The van der Waals surface area contributed by atoms with Crippen molar-refractivity contribution in [2.45, 2.75) is 52.1 Å². The summed E-state index contributed by atoms with van der Waals surface area (Å²) in [7, 11) is 5.99. The van der Waals surface area contributed by atoms with Gasteiger partial charge in [0.2, 0.25) is 11.9 Å². The minimum atomic E-state index is -0.597. The quantitative estimate of drug-likeness (QED) is 0.372. The van der Waals surface area contributed by atoms with Crippen molar-refractivity contribution in [1.82, 2.24) is 14.9 Å². The van der Waals surface area contributed by atoms with Crippen molar-refractivity contribution in [3.8, 4) is 5.75 Å². The Morgan fingerprint density at radius 3 is 2.65 bits per heavy atom. The Morgan fingerprint density at radius 2 is 2.00 bits per heavy atom. The van der Waals surface area contributed by atoms with Crippen molar-refractivity contribution >= 4 is 50.6 Å². The van der Waals surface area contributed by atoms with Gasteiger partial charge in [-0.2, -0.15) is 4.98 Å². The number of anilines is 4. The Hall–Kier alpha value is -2.95. The molecule has 2 aromatic heterocycles. The number of hydrogen-bond acceptors (Lipinski definition) is 9. The highest BCUT2D eigenvalue weighted by Crippen LogP contribution is 2.35. The van der Waals surface area contributed by atoms with E-state index in [-0.39, 0.29) is 5.91 Å². The molecule has 9 nitrogen and oxygen atoms in total. The van der Waals surface area contributed by atoms with Crippen LogP contribution in [0.2, 0.25) is 0 Å². The van der Waals surface area contributed by atoms with Crippen molar-refractivity contribution in [1.29, 1.82) is 0 Å². The van der Waals surface area contributed by atoms with E-state index in [4.69, 9.17) is 15.5 Å². The van der Waals surface area contributed by atoms with E-state index < -0.39 is 6.04 Å². The van der Waals surface area contributed by atoms with Crippen LogP contribution in [0.15, 0.2) is 23.6 Å². The van der Waals surface area contributed by atoms with E-state index in [9.17, 15) is 4.79 Å². The Labute approximate surface area is 223 Å². The summed E-state index contributed by atoms with van der Waals surface area (Å²) in [6.07, 6.45) is 2.85. The molecular formula is C27H39N7O2S. The molecule has 1 unspecified atom stereocenters. The van der Waals surface area contributed by atoms with Crippen molar-refractivity contribution < 1.29 is 9.53 Å². The van der Waals surface area contributed by atoms with Gasteiger partial charge < -0.3 is 30.9 Å². The first-order valence-corrected chi connectivity index (χ1v) is 13.7. The van der Waals surface area contributed by atoms with Crippen LogP contribution < -0.4 is 26.0 Å². The first kappa shape index (κ1) is 27.1. The fraction of sp³-hybridized carbons (Fsp3) is 0.519. The number of nitrogens with two attached hydrogens (primary N) is 1. The third-order valence-electron chi connectivity index (χ3n) is 6.89. The zero-order chi connectivity index (χ0) is 26.7. The average Bonchev–Trinajstić information content (AvgIpc) is 3.24. The smallest absolute Gasteiger partial charge is 0.242 e. The molecule has 200 valence electrons. The van der Waals surface area contributed by atoms with Crippen LogP contribution in [-0.4, -0.2) is 67.2 Å². The van der Waals surface area contributed by atoms with E-state index >= 15 is 0 Å². The molecule has 37 heavy (non-hydrogen) atoms. The van der Waals surface area contributed by atoms with Gasteiger partial charge in [0.1, 0.15) is 16.4 Å². The summed E-state index contributed by atoms with van der Waals surface area (Å²) < 4.78 is 5.76. The number of benzene rings is 1. The number of ether oxygens (including phenoxy) is 1. The maximum absolute atomic E-state index is 12.8. The number of nitrogens with zero attached hydrogens (tertiary/aromatic N) is 4. The fourth-order valence-corrected chi connectivity index (χ4v) is 5.74. The molecule has 10 heteroatoms. The van der Waals surface area contributed by atoms with Gasteiger partial charge in [-0.3, -0.25) is 4.79 Å². The SMILES string of the molecule is COc1cc(Nc2nc(NC(=O)C(N)CC(C)C)c3c(C)csc3n2)ccc1N1CCC(N(C)C)CC1. The summed E-state index contributed by atoms with van der Waals surface area (Å²) in [5.74, 6) is 1.76. The van der Waals surface area contributed by atoms with E-state index in [0.717, 1.165) is 58.8 Å². The maximum atomic E-state index is 12.8. The van der Waals surface area contributed by atoms with E-state index in [1.807, 2.05) is 38.3 Å². The number of thiophene rings is 1. The van der Waals surface area contributed by atoms with Gasteiger partial charge in [-0.1, -0.05) is 13.8 Å². The second-order valence-corrected chi connectivity index (χ2v) is 11.3. The van der Waals surface area contributed by atoms with Crippen LogP contribution in [0.5, 0.6) is 5.75 Å². The number of carbonyl (C=O) groups is 1. The fourth-order valence-electron chi connectivity index (χ4n) is 4.82. The Kier molecular flexibility index (Phi) is 8.51. The molecule has 4 N–H and O–H groups in total. The summed E-state index contributed by atoms with van der Waals surface area (Å²) in [6, 6.07) is 6.08. The highest BCUT2D eigenvalue weighted by Gasteiger charge is 2.23. The van der Waals surface area contributed by atoms with E-state index in [1.54, 1.807) is 7.11 Å². The molecule has 0 spiro atoms. The molecule has 1 fully saturated rings. The molecule has 4 rings (SSSR count). The van der Waals surface area contributed by atoms with Gasteiger partial charge in [-0.05, 0) is 69.3 Å². The number of nitrogens with one attached hydrogen (secondary N) is 2. The topological polar surface area (TPSA) is 109 Å². The van der Waals surface area contributed by atoms with Crippen LogP contribution in [0.1, 0.15) is 38.7 Å². The lowest BCUT2D eigenvalue weighted by atomic mass is 10.0.